The highest BCUT2D eigenvalue weighted by molar-refractivity contribution is 14.0. The SMILES string of the molecule is CN=C(NCCc1ccc(OCc2ccccc2)cc1)NC1CCN(C(=O)C(C)C)C1.I. The van der Waals surface area contributed by atoms with Crippen LogP contribution in [0.2, 0.25) is 0 Å². The maximum atomic E-state index is 12.2. The number of aliphatic imine (C=N–C) groups is 1. The van der Waals surface area contributed by atoms with Gasteiger partial charge in [0.1, 0.15) is 12.4 Å². The summed E-state index contributed by atoms with van der Waals surface area (Å²) in [5.74, 6) is 1.93. The molecule has 6 nitrogen and oxygen atoms in total. The van der Waals surface area contributed by atoms with Gasteiger partial charge in [-0.15, -0.1) is 24.0 Å². The number of benzene rings is 2. The molecule has 3 rings (SSSR count). The van der Waals surface area contributed by atoms with Crippen LogP contribution < -0.4 is 15.4 Å². The number of amides is 1. The molecular weight excluding hydrogens is 515 g/mol. The Morgan fingerprint density at radius 1 is 1.12 bits per heavy atom. The van der Waals surface area contributed by atoms with Crippen LogP contribution in [-0.2, 0) is 17.8 Å². The Morgan fingerprint density at radius 2 is 1.84 bits per heavy atom. The van der Waals surface area contributed by atoms with E-state index in [1.54, 1.807) is 7.05 Å². The molecule has 1 unspecified atom stereocenters. The van der Waals surface area contributed by atoms with E-state index in [1.807, 2.05) is 49.1 Å². The molecule has 1 saturated heterocycles. The molecular formula is C25H35IN4O2. The molecule has 2 aromatic rings. The average Bonchev–Trinajstić information content (AvgIpc) is 3.26. The van der Waals surface area contributed by atoms with Gasteiger partial charge in [-0.2, -0.15) is 0 Å². The predicted octanol–water partition coefficient (Wildman–Crippen LogP) is 3.85. The Labute approximate surface area is 208 Å². The number of carbonyl (C=O) groups excluding carboxylic acids is 1. The third-order valence-electron chi connectivity index (χ3n) is 5.44. The van der Waals surface area contributed by atoms with Gasteiger partial charge in [0.15, 0.2) is 5.96 Å². The number of ether oxygens (including phenoxy) is 1. The molecule has 0 aromatic heterocycles. The largest absolute Gasteiger partial charge is 0.489 e. The number of rotatable bonds is 8. The fraction of sp³-hybridized carbons (Fsp3) is 0.440. The van der Waals surface area contributed by atoms with Crippen molar-refractivity contribution >= 4 is 35.8 Å². The maximum Gasteiger partial charge on any atom is 0.225 e. The number of guanidine groups is 1. The standard InChI is InChI=1S/C25H34N4O2.HI/c1-19(2)24(30)29-16-14-22(17-29)28-25(26-3)27-15-13-20-9-11-23(12-10-20)31-18-21-7-5-4-6-8-21;/h4-12,19,22H,13-18H2,1-3H3,(H2,26,27,28);1H. The summed E-state index contributed by atoms with van der Waals surface area (Å²) in [7, 11) is 1.78. The van der Waals surface area contributed by atoms with Crippen LogP contribution in [0.25, 0.3) is 0 Å². The lowest BCUT2D eigenvalue weighted by Crippen LogP contribution is -2.45. The second-order valence-electron chi connectivity index (χ2n) is 8.24. The summed E-state index contributed by atoms with van der Waals surface area (Å²) < 4.78 is 5.85. The van der Waals surface area contributed by atoms with E-state index in [4.69, 9.17) is 4.74 Å². The molecule has 7 heteroatoms. The zero-order valence-corrected chi connectivity index (χ0v) is 21.5. The van der Waals surface area contributed by atoms with E-state index in [0.717, 1.165) is 49.7 Å². The van der Waals surface area contributed by atoms with E-state index in [-0.39, 0.29) is 41.8 Å². The van der Waals surface area contributed by atoms with Crippen LogP contribution in [-0.4, -0.2) is 49.5 Å². The summed E-state index contributed by atoms with van der Waals surface area (Å²) in [6.45, 7) is 6.81. The first-order chi connectivity index (χ1) is 15.0. The van der Waals surface area contributed by atoms with Crippen molar-refractivity contribution in [1.29, 1.82) is 0 Å². The summed E-state index contributed by atoms with van der Waals surface area (Å²) in [6, 6.07) is 18.7. The second-order valence-corrected chi connectivity index (χ2v) is 8.24. The topological polar surface area (TPSA) is 66.0 Å². The third kappa shape index (κ3) is 8.00. The molecule has 0 aliphatic carbocycles. The Balaban J connectivity index is 0.00000363. The van der Waals surface area contributed by atoms with E-state index in [0.29, 0.717) is 6.61 Å². The first-order valence-electron chi connectivity index (χ1n) is 11.1. The molecule has 1 fully saturated rings. The van der Waals surface area contributed by atoms with Crippen molar-refractivity contribution in [2.45, 2.75) is 39.3 Å². The zero-order chi connectivity index (χ0) is 22.1. The van der Waals surface area contributed by atoms with Crippen LogP contribution in [0.15, 0.2) is 59.6 Å². The normalized spacial score (nSPS) is 15.9. The van der Waals surface area contributed by atoms with Gasteiger partial charge in [-0.1, -0.05) is 56.3 Å². The highest BCUT2D eigenvalue weighted by Crippen LogP contribution is 2.15. The summed E-state index contributed by atoms with van der Waals surface area (Å²) >= 11 is 0. The molecule has 32 heavy (non-hydrogen) atoms. The van der Waals surface area contributed by atoms with Crippen molar-refractivity contribution in [3.63, 3.8) is 0 Å². The molecule has 0 radical (unpaired) electrons. The van der Waals surface area contributed by atoms with E-state index < -0.39 is 0 Å². The van der Waals surface area contributed by atoms with Crippen molar-refractivity contribution in [1.82, 2.24) is 15.5 Å². The monoisotopic (exact) mass is 550 g/mol. The first kappa shape index (κ1) is 26.0. The van der Waals surface area contributed by atoms with Crippen LogP contribution in [0.4, 0.5) is 0 Å². The van der Waals surface area contributed by atoms with Gasteiger partial charge in [0.2, 0.25) is 5.91 Å². The fourth-order valence-electron chi connectivity index (χ4n) is 3.65. The van der Waals surface area contributed by atoms with E-state index in [9.17, 15) is 4.79 Å². The molecule has 1 amide bonds. The molecule has 0 saturated carbocycles. The molecule has 1 heterocycles. The minimum Gasteiger partial charge on any atom is -0.489 e. The number of halogens is 1. The summed E-state index contributed by atoms with van der Waals surface area (Å²) in [5.41, 5.74) is 2.40. The van der Waals surface area contributed by atoms with Gasteiger partial charge in [0.05, 0.1) is 0 Å². The minimum absolute atomic E-state index is 0. The Bertz CT molecular complexity index is 856. The van der Waals surface area contributed by atoms with Crippen molar-refractivity contribution in [2.75, 3.05) is 26.7 Å². The van der Waals surface area contributed by atoms with Crippen molar-refractivity contribution in [3.8, 4) is 5.75 Å². The van der Waals surface area contributed by atoms with Gasteiger partial charge < -0.3 is 20.3 Å². The van der Waals surface area contributed by atoms with E-state index in [1.165, 1.54) is 5.56 Å². The van der Waals surface area contributed by atoms with Crippen LogP contribution in [0.3, 0.4) is 0 Å². The molecule has 2 N–H and O–H groups in total. The third-order valence-corrected chi connectivity index (χ3v) is 5.44. The number of nitrogens with one attached hydrogen (secondary N) is 2. The highest BCUT2D eigenvalue weighted by Gasteiger charge is 2.27. The quantitative estimate of drug-likeness (QED) is 0.298. The fourth-order valence-corrected chi connectivity index (χ4v) is 3.65. The molecule has 0 bridgehead atoms. The Kier molecular flexibility index (Phi) is 10.8. The molecule has 174 valence electrons. The molecule has 1 atom stereocenters. The van der Waals surface area contributed by atoms with Crippen LogP contribution >= 0.6 is 24.0 Å². The van der Waals surface area contributed by atoms with E-state index >= 15 is 0 Å². The lowest BCUT2D eigenvalue weighted by atomic mass is 10.1. The van der Waals surface area contributed by atoms with E-state index in [2.05, 4.69) is 39.9 Å². The number of carbonyl (C=O) groups is 1. The maximum absolute atomic E-state index is 12.2. The number of hydrogen-bond donors (Lipinski definition) is 2. The van der Waals surface area contributed by atoms with Crippen molar-refractivity contribution in [2.24, 2.45) is 10.9 Å². The van der Waals surface area contributed by atoms with Gasteiger partial charge in [0.25, 0.3) is 0 Å². The highest BCUT2D eigenvalue weighted by atomic mass is 127. The molecule has 0 spiro atoms. The predicted molar refractivity (Wildman–Crippen MR) is 141 cm³/mol. The lowest BCUT2D eigenvalue weighted by Gasteiger charge is -2.20. The van der Waals surface area contributed by atoms with Crippen molar-refractivity contribution in [3.05, 3.63) is 65.7 Å². The van der Waals surface area contributed by atoms with Crippen LogP contribution in [0.1, 0.15) is 31.4 Å². The zero-order valence-electron chi connectivity index (χ0n) is 19.2. The van der Waals surface area contributed by atoms with Crippen LogP contribution in [0.5, 0.6) is 5.75 Å². The smallest absolute Gasteiger partial charge is 0.225 e. The number of likely N-dealkylation sites (tertiary alicyclic amines) is 1. The summed E-state index contributed by atoms with van der Waals surface area (Å²) in [4.78, 5) is 18.4. The van der Waals surface area contributed by atoms with Gasteiger partial charge in [-0.05, 0) is 36.1 Å². The second kappa shape index (κ2) is 13.3. The number of nitrogens with zero attached hydrogens (tertiary/aromatic N) is 2. The van der Waals surface area contributed by atoms with Gasteiger partial charge >= 0.3 is 0 Å². The molecule has 1 aliphatic heterocycles. The van der Waals surface area contributed by atoms with Gasteiger partial charge in [-0.25, -0.2) is 0 Å². The summed E-state index contributed by atoms with van der Waals surface area (Å²) in [6.07, 6.45) is 1.84. The lowest BCUT2D eigenvalue weighted by molar-refractivity contribution is -0.133. The summed E-state index contributed by atoms with van der Waals surface area (Å²) in [5, 5.41) is 6.82. The Hall–Kier alpha value is -2.29. The van der Waals surface area contributed by atoms with Crippen LogP contribution in [0, 0.1) is 5.92 Å². The van der Waals surface area contributed by atoms with Gasteiger partial charge in [0, 0.05) is 38.6 Å². The number of hydrogen-bond acceptors (Lipinski definition) is 3. The van der Waals surface area contributed by atoms with Gasteiger partial charge in [-0.3, -0.25) is 9.79 Å². The van der Waals surface area contributed by atoms with Crippen molar-refractivity contribution < 1.29 is 9.53 Å². The molecule has 1 aliphatic rings. The Morgan fingerprint density at radius 3 is 2.50 bits per heavy atom. The first-order valence-corrected chi connectivity index (χ1v) is 11.1. The minimum atomic E-state index is 0. The average molecular weight is 550 g/mol. The molecule has 2 aromatic carbocycles.